The van der Waals surface area contributed by atoms with Gasteiger partial charge in [0.2, 0.25) is 0 Å². The Bertz CT molecular complexity index is 684. The average Bonchev–Trinajstić information content (AvgIpc) is 2.53. The maximum Gasteiger partial charge on any atom is 0.146 e. The van der Waals surface area contributed by atoms with E-state index in [1.54, 1.807) is 19.2 Å². The lowest BCUT2D eigenvalue weighted by atomic mass is 10.0. The molecule has 2 aromatic rings. The molecule has 1 aliphatic heterocycles. The molecule has 1 atom stereocenters. The minimum Gasteiger partial charge on any atom is -0.508 e. The summed E-state index contributed by atoms with van der Waals surface area (Å²) in [5.41, 5.74) is 2.22. The van der Waals surface area contributed by atoms with Gasteiger partial charge in [0.25, 0.3) is 0 Å². The van der Waals surface area contributed by atoms with Crippen molar-refractivity contribution in [2.24, 2.45) is 0 Å². The number of hydrogen-bond acceptors (Lipinski definition) is 4. The average molecular weight is 313 g/mol. The van der Waals surface area contributed by atoms with Gasteiger partial charge in [-0.25, -0.2) is 0 Å². The van der Waals surface area contributed by atoms with Gasteiger partial charge >= 0.3 is 0 Å². The van der Waals surface area contributed by atoms with E-state index in [0.29, 0.717) is 6.04 Å². The van der Waals surface area contributed by atoms with Crippen molar-refractivity contribution < 1.29 is 14.6 Å². The van der Waals surface area contributed by atoms with Gasteiger partial charge in [-0.15, -0.1) is 0 Å². The van der Waals surface area contributed by atoms with Crippen LogP contribution < -0.4 is 14.4 Å². The normalized spacial score (nSPS) is 16.9. The van der Waals surface area contributed by atoms with Crippen LogP contribution in [0, 0.1) is 0 Å². The summed E-state index contributed by atoms with van der Waals surface area (Å²) in [4.78, 5) is 2.32. The Morgan fingerprint density at radius 2 is 2.09 bits per heavy atom. The van der Waals surface area contributed by atoms with Crippen LogP contribution in [0.1, 0.15) is 19.4 Å². The minimum absolute atomic E-state index is 0.0406. The third-order valence-electron chi connectivity index (χ3n) is 4.17. The molecule has 4 nitrogen and oxygen atoms in total. The second-order valence-electron chi connectivity index (χ2n) is 6.19. The smallest absolute Gasteiger partial charge is 0.146 e. The highest BCUT2D eigenvalue weighted by atomic mass is 16.5. The molecule has 0 fully saturated rings. The number of methoxy groups -OCH3 is 1. The Hall–Kier alpha value is -2.36. The predicted octanol–water partition coefficient (Wildman–Crippen LogP) is 3.62. The van der Waals surface area contributed by atoms with Crippen LogP contribution in [0.3, 0.4) is 0 Å². The number of benzene rings is 2. The van der Waals surface area contributed by atoms with E-state index in [1.165, 1.54) is 5.56 Å². The van der Waals surface area contributed by atoms with Crippen molar-refractivity contribution in [3.05, 3.63) is 48.0 Å². The van der Waals surface area contributed by atoms with E-state index in [4.69, 9.17) is 9.47 Å². The van der Waals surface area contributed by atoms with Crippen LogP contribution in [0.15, 0.2) is 42.5 Å². The molecule has 122 valence electrons. The van der Waals surface area contributed by atoms with Gasteiger partial charge < -0.3 is 19.5 Å². The lowest BCUT2D eigenvalue weighted by Crippen LogP contribution is -2.44. The topological polar surface area (TPSA) is 41.9 Å². The second-order valence-corrected chi connectivity index (χ2v) is 6.19. The molecular formula is C19H23NO3. The number of phenols is 1. The van der Waals surface area contributed by atoms with Crippen LogP contribution >= 0.6 is 0 Å². The fraction of sp³-hybridized carbons (Fsp3) is 0.368. The summed E-state index contributed by atoms with van der Waals surface area (Å²) in [7, 11) is 1.68. The number of nitrogens with zero attached hydrogens (tertiary/aromatic N) is 1. The van der Waals surface area contributed by atoms with Gasteiger partial charge in [0.15, 0.2) is 0 Å². The maximum absolute atomic E-state index is 9.74. The Morgan fingerprint density at radius 1 is 1.26 bits per heavy atom. The van der Waals surface area contributed by atoms with Crippen LogP contribution in [0.4, 0.5) is 5.69 Å². The molecule has 1 aliphatic rings. The number of rotatable bonds is 4. The fourth-order valence-electron chi connectivity index (χ4n) is 3.03. The number of phenolic OH excluding ortho intramolecular Hbond substituents is 1. The molecule has 0 saturated carbocycles. The Balaban J connectivity index is 1.84. The summed E-state index contributed by atoms with van der Waals surface area (Å²) in [6, 6.07) is 13.8. The summed E-state index contributed by atoms with van der Waals surface area (Å²) in [5.74, 6) is 1.84. The first kappa shape index (κ1) is 15.5. The summed E-state index contributed by atoms with van der Waals surface area (Å²) < 4.78 is 11.4. The Labute approximate surface area is 137 Å². The van der Waals surface area contributed by atoms with E-state index in [9.17, 15) is 5.11 Å². The quantitative estimate of drug-likeness (QED) is 0.936. The number of ether oxygens (including phenoxy) is 2. The number of fused-ring (bicyclic) bond motifs is 1. The largest absolute Gasteiger partial charge is 0.508 e. The van der Waals surface area contributed by atoms with Crippen molar-refractivity contribution in [2.45, 2.75) is 32.4 Å². The highest BCUT2D eigenvalue weighted by Gasteiger charge is 2.27. The lowest BCUT2D eigenvalue weighted by Gasteiger charge is -2.39. The van der Waals surface area contributed by atoms with Crippen molar-refractivity contribution in [3.8, 4) is 17.2 Å². The number of hydrogen-bond donors (Lipinski definition) is 1. The Morgan fingerprint density at radius 3 is 2.83 bits per heavy atom. The molecule has 0 bridgehead atoms. The zero-order valence-corrected chi connectivity index (χ0v) is 13.8. The zero-order chi connectivity index (χ0) is 16.4. The van der Waals surface area contributed by atoms with E-state index in [-0.39, 0.29) is 11.9 Å². The van der Waals surface area contributed by atoms with Crippen molar-refractivity contribution >= 4 is 5.69 Å². The molecule has 2 aromatic carbocycles. The molecule has 0 aromatic heterocycles. The van der Waals surface area contributed by atoms with Gasteiger partial charge in [-0.05, 0) is 43.7 Å². The first-order chi connectivity index (χ1) is 11.1. The molecule has 1 unspecified atom stereocenters. The first-order valence-electron chi connectivity index (χ1n) is 7.96. The van der Waals surface area contributed by atoms with Gasteiger partial charge in [-0.2, -0.15) is 0 Å². The summed E-state index contributed by atoms with van der Waals surface area (Å²) in [6.45, 7) is 5.17. The molecule has 0 spiro atoms. The third-order valence-corrected chi connectivity index (χ3v) is 4.17. The van der Waals surface area contributed by atoms with Crippen molar-refractivity contribution in [1.82, 2.24) is 0 Å². The first-order valence-corrected chi connectivity index (χ1v) is 7.96. The molecule has 1 heterocycles. The molecule has 0 radical (unpaired) electrons. The monoisotopic (exact) mass is 313 g/mol. The Kier molecular flexibility index (Phi) is 4.33. The molecule has 1 N–H and O–H groups in total. The summed E-state index contributed by atoms with van der Waals surface area (Å²) in [5, 5.41) is 9.74. The van der Waals surface area contributed by atoms with E-state index < -0.39 is 0 Å². The van der Waals surface area contributed by atoms with Crippen molar-refractivity contribution in [1.29, 1.82) is 0 Å². The molecule has 0 amide bonds. The SMILES string of the molecule is COc1cccc(CC2CN(C(C)C)c3ccc(O)cc3O2)c1. The molecule has 0 aliphatic carbocycles. The van der Waals surface area contributed by atoms with Crippen LogP contribution in [-0.4, -0.2) is 30.9 Å². The number of aromatic hydroxyl groups is 1. The second kappa shape index (κ2) is 6.41. The molecule has 23 heavy (non-hydrogen) atoms. The lowest BCUT2D eigenvalue weighted by molar-refractivity contribution is 0.190. The van der Waals surface area contributed by atoms with Gasteiger partial charge in [0.1, 0.15) is 23.4 Å². The van der Waals surface area contributed by atoms with E-state index in [0.717, 1.165) is 30.2 Å². The molecular weight excluding hydrogens is 290 g/mol. The summed E-state index contributed by atoms with van der Waals surface area (Å²) in [6.07, 6.45) is 0.842. The molecule has 3 rings (SSSR count). The maximum atomic E-state index is 9.74. The van der Waals surface area contributed by atoms with Crippen molar-refractivity contribution in [3.63, 3.8) is 0 Å². The van der Waals surface area contributed by atoms with E-state index >= 15 is 0 Å². The predicted molar refractivity (Wildman–Crippen MR) is 91.7 cm³/mol. The number of anilines is 1. The third kappa shape index (κ3) is 3.36. The fourth-order valence-corrected chi connectivity index (χ4v) is 3.03. The van der Waals surface area contributed by atoms with Gasteiger partial charge in [-0.3, -0.25) is 0 Å². The molecule has 4 heteroatoms. The van der Waals surface area contributed by atoms with Crippen LogP contribution in [0.25, 0.3) is 0 Å². The van der Waals surface area contributed by atoms with Gasteiger partial charge in [-0.1, -0.05) is 12.1 Å². The van der Waals surface area contributed by atoms with Crippen LogP contribution in [-0.2, 0) is 6.42 Å². The van der Waals surface area contributed by atoms with Gasteiger partial charge in [0.05, 0.1) is 19.3 Å². The summed E-state index contributed by atoms with van der Waals surface area (Å²) >= 11 is 0. The highest BCUT2D eigenvalue weighted by Crippen LogP contribution is 2.37. The van der Waals surface area contributed by atoms with E-state index in [1.807, 2.05) is 24.3 Å². The van der Waals surface area contributed by atoms with Crippen molar-refractivity contribution in [2.75, 3.05) is 18.6 Å². The van der Waals surface area contributed by atoms with Crippen LogP contribution in [0.5, 0.6) is 17.2 Å². The van der Waals surface area contributed by atoms with Gasteiger partial charge in [0, 0.05) is 18.5 Å². The zero-order valence-electron chi connectivity index (χ0n) is 13.8. The van der Waals surface area contributed by atoms with E-state index in [2.05, 4.69) is 24.8 Å². The highest BCUT2D eigenvalue weighted by molar-refractivity contribution is 5.63. The standard InChI is InChI=1S/C19H23NO3/c1-13(2)20-12-17(10-14-5-4-6-16(9-14)22-3)23-19-11-15(21)7-8-18(19)20/h4-9,11,13,17,21H,10,12H2,1-3H3. The minimum atomic E-state index is 0.0406. The van der Waals surface area contributed by atoms with Crippen LogP contribution in [0.2, 0.25) is 0 Å². The molecule has 0 saturated heterocycles.